The van der Waals surface area contributed by atoms with Gasteiger partial charge in [0.05, 0.1) is 12.7 Å². The van der Waals surface area contributed by atoms with E-state index in [1.165, 1.54) is 5.57 Å². The molecule has 0 radical (unpaired) electrons. The van der Waals surface area contributed by atoms with Gasteiger partial charge in [-0.3, -0.25) is 4.99 Å². The van der Waals surface area contributed by atoms with Crippen LogP contribution in [0.25, 0.3) is 0 Å². The van der Waals surface area contributed by atoms with Crippen LogP contribution in [0.1, 0.15) is 13.3 Å². The average Bonchev–Trinajstić information content (AvgIpc) is 2.17. The van der Waals surface area contributed by atoms with Gasteiger partial charge >= 0.3 is 0 Å². The molecule has 0 saturated carbocycles. The van der Waals surface area contributed by atoms with Crippen molar-refractivity contribution in [2.75, 3.05) is 33.8 Å². The van der Waals surface area contributed by atoms with Gasteiger partial charge in [-0.05, 0) is 19.0 Å². The molecule has 1 unspecified atom stereocenters. The molecule has 1 aliphatic rings. The average molecular weight is 196 g/mol. The maximum atomic E-state index is 5.71. The van der Waals surface area contributed by atoms with Gasteiger partial charge in [0, 0.05) is 26.4 Å². The van der Waals surface area contributed by atoms with Crippen LogP contribution >= 0.6 is 0 Å². The van der Waals surface area contributed by atoms with Crippen LogP contribution in [-0.4, -0.2) is 51.0 Å². The summed E-state index contributed by atoms with van der Waals surface area (Å²) in [7, 11) is 3.93. The van der Waals surface area contributed by atoms with Crippen LogP contribution in [-0.2, 0) is 4.74 Å². The van der Waals surface area contributed by atoms with Crippen LogP contribution in [0.4, 0.5) is 0 Å². The molecule has 1 heterocycles. The highest BCUT2D eigenvalue weighted by Crippen LogP contribution is 2.11. The minimum absolute atomic E-state index is 0.206. The predicted molar refractivity (Wildman–Crippen MR) is 60.0 cm³/mol. The maximum absolute atomic E-state index is 5.71. The lowest BCUT2D eigenvalue weighted by atomic mass is 10.1. The van der Waals surface area contributed by atoms with Crippen molar-refractivity contribution < 1.29 is 4.74 Å². The molecular formula is C11H20N2O. The van der Waals surface area contributed by atoms with E-state index in [1.807, 2.05) is 6.21 Å². The molecule has 1 saturated heterocycles. The fraction of sp³-hybridized carbons (Fsp3) is 0.727. The Morgan fingerprint density at radius 3 is 3.00 bits per heavy atom. The van der Waals surface area contributed by atoms with E-state index in [1.54, 1.807) is 7.05 Å². The molecule has 0 amide bonds. The summed E-state index contributed by atoms with van der Waals surface area (Å²) < 4.78 is 5.71. The van der Waals surface area contributed by atoms with Crippen LogP contribution < -0.4 is 0 Å². The van der Waals surface area contributed by atoms with Crippen molar-refractivity contribution in [1.82, 2.24) is 4.90 Å². The van der Waals surface area contributed by atoms with E-state index < -0.39 is 0 Å². The van der Waals surface area contributed by atoms with E-state index in [0.717, 1.165) is 26.1 Å². The maximum Gasteiger partial charge on any atom is 0.0963 e. The number of morpholine rings is 1. The molecule has 0 N–H and O–H groups in total. The normalized spacial score (nSPS) is 25.9. The molecule has 1 aliphatic heterocycles. The van der Waals surface area contributed by atoms with Crippen LogP contribution in [0.5, 0.6) is 0 Å². The van der Waals surface area contributed by atoms with Gasteiger partial charge in [0.25, 0.3) is 0 Å². The molecule has 14 heavy (non-hydrogen) atoms. The van der Waals surface area contributed by atoms with Crippen molar-refractivity contribution in [3.8, 4) is 0 Å². The Morgan fingerprint density at radius 1 is 1.64 bits per heavy atom. The first kappa shape index (κ1) is 11.4. The molecule has 80 valence electrons. The summed E-state index contributed by atoms with van der Waals surface area (Å²) in [6, 6.07) is 0. The van der Waals surface area contributed by atoms with Gasteiger partial charge in [0.2, 0.25) is 0 Å². The van der Waals surface area contributed by atoms with Crippen LogP contribution in [0.15, 0.2) is 16.6 Å². The summed E-state index contributed by atoms with van der Waals surface area (Å²) in [4.78, 5) is 6.36. The number of nitrogens with zero attached hydrogens (tertiary/aromatic N) is 2. The molecule has 0 aromatic heterocycles. The highest BCUT2D eigenvalue weighted by atomic mass is 16.5. The first-order chi connectivity index (χ1) is 6.77. The Labute approximate surface area is 86.5 Å². The lowest BCUT2D eigenvalue weighted by Gasteiger charge is -2.30. The highest BCUT2D eigenvalue weighted by Gasteiger charge is 2.19. The number of hydrogen-bond donors (Lipinski definition) is 0. The molecule has 1 fully saturated rings. The Morgan fingerprint density at radius 2 is 2.43 bits per heavy atom. The van der Waals surface area contributed by atoms with Gasteiger partial charge in [0.15, 0.2) is 0 Å². The Balaban J connectivity index is 2.62. The zero-order valence-corrected chi connectivity index (χ0v) is 9.36. The van der Waals surface area contributed by atoms with Crippen molar-refractivity contribution in [3.63, 3.8) is 0 Å². The van der Waals surface area contributed by atoms with Gasteiger partial charge in [-0.15, -0.1) is 0 Å². The molecule has 1 rings (SSSR count). The van der Waals surface area contributed by atoms with Crippen molar-refractivity contribution >= 4 is 6.21 Å². The second kappa shape index (κ2) is 5.94. The molecule has 1 atom stereocenters. The molecule has 3 nitrogen and oxygen atoms in total. The summed E-state index contributed by atoms with van der Waals surface area (Å²) in [6.07, 6.45) is 5.34. The Hall–Kier alpha value is -0.670. The Kier molecular flexibility index (Phi) is 4.84. The summed E-state index contributed by atoms with van der Waals surface area (Å²) >= 11 is 0. The Bertz CT molecular complexity index is 223. The molecule has 0 aliphatic carbocycles. The predicted octanol–water partition coefficient (Wildman–Crippen LogP) is 1.35. The molecule has 0 bridgehead atoms. The zero-order chi connectivity index (χ0) is 10.4. The fourth-order valence-corrected chi connectivity index (χ4v) is 1.63. The van der Waals surface area contributed by atoms with E-state index in [-0.39, 0.29) is 6.10 Å². The largest absolute Gasteiger partial charge is 0.371 e. The topological polar surface area (TPSA) is 24.8 Å². The highest BCUT2D eigenvalue weighted by molar-refractivity contribution is 5.79. The van der Waals surface area contributed by atoms with Crippen LogP contribution in [0.3, 0.4) is 0 Å². The van der Waals surface area contributed by atoms with Crippen molar-refractivity contribution in [2.24, 2.45) is 4.99 Å². The summed E-state index contributed by atoms with van der Waals surface area (Å²) in [5.41, 5.74) is 1.21. The lowest BCUT2D eigenvalue weighted by molar-refractivity contribution is 0.00385. The minimum atomic E-state index is 0.206. The van der Waals surface area contributed by atoms with E-state index in [9.17, 15) is 0 Å². The van der Waals surface area contributed by atoms with E-state index >= 15 is 0 Å². The number of hydrogen-bond acceptors (Lipinski definition) is 3. The molecule has 0 aromatic carbocycles. The van der Waals surface area contributed by atoms with Crippen LogP contribution in [0.2, 0.25) is 0 Å². The second-order valence-corrected chi connectivity index (χ2v) is 3.62. The molecular weight excluding hydrogens is 176 g/mol. The van der Waals surface area contributed by atoms with Gasteiger partial charge < -0.3 is 9.64 Å². The third-order valence-electron chi connectivity index (χ3n) is 2.36. The summed E-state index contributed by atoms with van der Waals surface area (Å²) in [5, 5.41) is 0. The SMILES string of the molecule is CC/C=C(\C=NC)C1CN(C)CCO1. The summed E-state index contributed by atoms with van der Waals surface area (Å²) in [6.45, 7) is 4.95. The van der Waals surface area contributed by atoms with Gasteiger partial charge in [-0.25, -0.2) is 0 Å². The van der Waals surface area contributed by atoms with E-state index in [4.69, 9.17) is 4.74 Å². The third kappa shape index (κ3) is 3.24. The smallest absolute Gasteiger partial charge is 0.0963 e. The number of aliphatic imine (C=N–C) groups is 1. The minimum Gasteiger partial charge on any atom is -0.371 e. The lowest BCUT2D eigenvalue weighted by Crippen LogP contribution is -2.41. The van der Waals surface area contributed by atoms with Crippen molar-refractivity contribution in [2.45, 2.75) is 19.4 Å². The number of allylic oxidation sites excluding steroid dienone is 1. The van der Waals surface area contributed by atoms with Crippen molar-refractivity contribution in [3.05, 3.63) is 11.6 Å². The first-order valence-electron chi connectivity index (χ1n) is 5.20. The fourth-order valence-electron chi connectivity index (χ4n) is 1.63. The number of rotatable bonds is 3. The first-order valence-corrected chi connectivity index (χ1v) is 5.20. The van der Waals surface area contributed by atoms with Gasteiger partial charge in [-0.2, -0.15) is 0 Å². The standard InChI is InChI=1S/C11H20N2O/c1-4-5-10(8-12-2)11-9-13(3)6-7-14-11/h5,8,11H,4,6-7,9H2,1-3H3/b10-5+,12-8?. The van der Waals surface area contributed by atoms with Crippen molar-refractivity contribution in [1.29, 1.82) is 0 Å². The molecule has 3 heteroatoms. The van der Waals surface area contributed by atoms with E-state index in [0.29, 0.717) is 0 Å². The number of likely N-dealkylation sites (N-methyl/N-ethyl adjacent to an activating group) is 1. The summed E-state index contributed by atoms with van der Waals surface area (Å²) in [5.74, 6) is 0. The van der Waals surface area contributed by atoms with E-state index in [2.05, 4.69) is 29.9 Å². The van der Waals surface area contributed by atoms with Gasteiger partial charge in [-0.1, -0.05) is 13.0 Å². The third-order valence-corrected chi connectivity index (χ3v) is 2.36. The monoisotopic (exact) mass is 196 g/mol. The van der Waals surface area contributed by atoms with Gasteiger partial charge in [0.1, 0.15) is 0 Å². The number of ether oxygens (including phenoxy) is 1. The zero-order valence-electron chi connectivity index (χ0n) is 9.36. The van der Waals surface area contributed by atoms with Crippen LogP contribution in [0, 0.1) is 0 Å². The molecule has 0 aromatic rings. The second-order valence-electron chi connectivity index (χ2n) is 3.62. The molecule has 0 spiro atoms. The quantitative estimate of drug-likeness (QED) is 0.637.